The predicted molar refractivity (Wildman–Crippen MR) is 69.3 cm³/mol. The Labute approximate surface area is 118 Å². The van der Waals surface area contributed by atoms with Crippen LogP contribution in [0.3, 0.4) is 0 Å². The van der Waals surface area contributed by atoms with Gasteiger partial charge in [-0.1, -0.05) is 13.8 Å². The van der Waals surface area contributed by atoms with Gasteiger partial charge in [0.15, 0.2) is 0 Å². The van der Waals surface area contributed by atoms with Crippen LogP contribution in [0.4, 0.5) is 13.2 Å². The lowest BCUT2D eigenvalue weighted by Crippen LogP contribution is -2.73. The molecule has 0 aromatic heterocycles. The van der Waals surface area contributed by atoms with E-state index in [1.54, 1.807) is 0 Å². The second-order valence-electron chi connectivity index (χ2n) is 6.18. The molecule has 0 radical (unpaired) electrons. The summed E-state index contributed by atoms with van der Waals surface area (Å²) in [6.45, 7) is 3.84. The van der Waals surface area contributed by atoms with Crippen molar-refractivity contribution in [3.8, 4) is 0 Å². The van der Waals surface area contributed by atoms with Gasteiger partial charge in [-0.05, 0) is 38.6 Å². The van der Waals surface area contributed by atoms with Crippen molar-refractivity contribution < 1.29 is 22.6 Å². The zero-order valence-electron chi connectivity index (χ0n) is 12.4. The molecule has 0 aromatic rings. The van der Waals surface area contributed by atoms with Gasteiger partial charge in [0, 0.05) is 11.6 Å². The third-order valence-corrected chi connectivity index (χ3v) is 4.85. The highest BCUT2D eigenvalue weighted by Crippen LogP contribution is 2.51. The lowest BCUT2D eigenvalue weighted by molar-refractivity contribution is -0.328. The fraction of sp³-hybridized carbons (Fsp3) is 1.00. The number of rotatable bonds is 6. The van der Waals surface area contributed by atoms with E-state index in [1.165, 1.54) is 6.42 Å². The Morgan fingerprint density at radius 3 is 2.55 bits per heavy atom. The Bertz CT molecular complexity index is 337. The Balaban J connectivity index is 1.85. The van der Waals surface area contributed by atoms with Gasteiger partial charge in [-0.3, -0.25) is 9.64 Å². The van der Waals surface area contributed by atoms with E-state index in [1.807, 2.05) is 6.92 Å². The molecule has 2 heterocycles. The summed E-state index contributed by atoms with van der Waals surface area (Å²) in [5.74, 6) is 0.661. The van der Waals surface area contributed by atoms with E-state index in [9.17, 15) is 13.2 Å². The SMILES string of the molecule is CCC(OCCOC(F)(F)F)C12CC(C)CC(C1)N2C. The molecule has 20 heavy (non-hydrogen) atoms. The molecule has 3 rings (SSSR count). The summed E-state index contributed by atoms with van der Waals surface area (Å²) >= 11 is 0. The van der Waals surface area contributed by atoms with Gasteiger partial charge in [-0.15, -0.1) is 13.2 Å². The largest absolute Gasteiger partial charge is 0.522 e. The van der Waals surface area contributed by atoms with Crippen molar-refractivity contribution in [3.63, 3.8) is 0 Å². The molecule has 2 aliphatic heterocycles. The van der Waals surface area contributed by atoms with Gasteiger partial charge >= 0.3 is 6.36 Å². The van der Waals surface area contributed by atoms with Gasteiger partial charge in [-0.25, -0.2) is 0 Å². The zero-order chi connectivity index (χ0) is 15.0. The zero-order valence-corrected chi connectivity index (χ0v) is 12.4. The molecule has 0 spiro atoms. The maximum Gasteiger partial charge on any atom is 0.522 e. The minimum Gasteiger partial charge on any atom is -0.374 e. The van der Waals surface area contributed by atoms with Crippen molar-refractivity contribution in [2.75, 3.05) is 20.3 Å². The second-order valence-corrected chi connectivity index (χ2v) is 6.18. The number of piperidine rings is 1. The minimum absolute atomic E-state index is 0.00729. The molecular formula is C14H24F3NO2. The van der Waals surface area contributed by atoms with Gasteiger partial charge in [0.1, 0.15) is 0 Å². The first kappa shape index (κ1) is 16.0. The molecule has 1 aliphatic carbocycles. The maximum absolute atomic E-state index is 11.9. The van der Waals surface area contributed by atoms with E-state index in [0.29, 0.717) is 12.0 Å². The maximum atomic E-state index is 11.9. The molecule has 2 saturated heterocycles. The van der Waals surface area contributed by atoms with Crippen LogP contribution in [0.15, 0.2) is 0 Å². The first-order valence-corrected chi connectivity index (χ1v) is 7.33. The fourth-order valence-corrected chi connectivity index (χ4v) is 4.05. The first-order chi connectivity index (χ1) is 9.28. The van der Waals surface area contributed by atoms with E-state index < -0.39 is 13.0 Å². The Kier molecular flexibility index (Phi) is 4.66. The van der Waals surface area contributed by atoms with Crippen LogP contribution in [0.2, 0.25) is 0 Å². The van der Waals surface area contributed by atoms with Crippen LogP contribution < -0.4 is 0 Å². The number of nitrogens with zero attached hydrogens (tertiary/aromatic N) is 1. The predicted octanol–water partition coefficient (Wildman–Crippen LogP) is 3.19. The van der Waals surface area contributed by atoms with E-state index >= 15 is 0 Å². The topological polar surface area (TPSA) is 21.7 Å². The van der Waals surface area contributed by atoms with Crippen LogP contribution in [0, 0.1) is 5.92 Å². The quantitative estimate of drug-likeness (QED) is 0.702. The molecule has 3 aliphatic rings. The molecule has 6 heteroatoms. The summed E-state index contributed by atoms with van der Waals surface area (Å²) in [4.78, 5) is 2.37. The van der Waals surface area contributed by atoms with Crippen LogP contribution in [0.25, 0.3) is 0 Å². The number of halogens is 3. The summed E-state index contributed by atoms with van der Waals surface area (Å²) < 4.78 is 45.3. The number of hydrogen-bond donors (Lipinski definition) is 0. The molecule has 3 fully saturated rings. The van der Waals surface area contributed by atoms with Crippen molar-refractivity contribution in [2.45, 2.75) is 63.6 Å². The highest BCUT2D eigenvalue weighted by Gasteiger charge is 2.57. The molecule has 3 nitrogen and oxygen atoms in total. The Hall–Kier alpha value is -0.330. The van der Waals surface area contributed by atoms with Crippen LogP contribution in [0.5, 0.6) is 0 Å². The number of hydrogen-bond acceptors (Lipinski definition) is 3. The molecule has 118 valence electrons. The van der Waals surface area contributed by atoms with Gasteiger partial charge in [0.25, 0.3) is 0 Å². The highest BCUT2D eigenvalue weighted by atomic mass is 19.4. The summed E-state index contributed by atoms with van der Waals surface area (Å²) in [5, 5.41) is 0. The van der Waals surface area contributed by atoms with Gasteiger partial charge < -0.3 is 4.74 Å². The van der Waals surface area contributed by atoms with Crippen LogP contribution in [-0.4, -0.2) is 49.2 Å². The van der Waals surface area contributed by atoms with Crippen molar-refractivity contribution >= 4 is 0 Å². The first-order valence-electron chi connectivity index (χ1n) is 7.33. The third-order valence-electron chi connectivity index (χ3n) is 4.85. The molecule has 0 N–H and O–H groups in total. The second kappa shape index (κ2) is 5.81. The van der Waals surface area contributed by atoms with E-state index in [2.05, 4.69) is 23.6 Å². The molecule has 1 saturated carbocycles. The average molecular weight is 295 g/mol. The van der Waals surface area contributed by atoms with Crippen molar-refractivity contribution in [3.05, 3.63) is 0 Å². The van der Waals surface area contributed by atoms with Crippen LogP contribution in [-0.2, 0) is 9.47 Å². The van der Waals surface area contributed by atoms with E-state index in [0.717, 1.165) is 19.3 Å². The normalized spacial score (nSPS) is 35.7. The highest BCUT2D eigenvalue weighted by molar-refractivity contribution is 5.13. The van der Waals surface area contributed by atoms with Crippen molar-refractivity contribution in [1.82, 2.24) is 4.90 Å². The van der Waals surface area contributed by atoms with E-state index in [-0.39, 0.29) is 18.2 Å². The molecule has 4 unspecified atom stereocenters. The monoisotopic (exact) mass is 295 g/mol. The summed E-state index contributed by atoms with van der Waals surface area (Å²) in [7, 11) is 2.11. The fourth-order valence-electron chi connectivity index (χ4n) is 4.05. The lowest BCUT2D eigenvalue weighted by Gasteiger charge is -2.65. The lowest BCUT2D eigenvalue weighted by atomic mass is 9.61. The molecule has 0 amide bonds. The minimum atomic E-state index is -4.57. The third kappa shape index (κ3) is 3.12. The number of alkyl halides is 3. The molecule has 4 atom stereocenters. The van der Waals surface area contributed by atoms with Gasteiger partial charge in [0.05, 0.1) is 19.3 Å². The molecular weight excluding hydrogens is 271 g/mol. The summed E-state index contributed by atoms with van der Waals surface area (Å²) in [6, 6.07) is 0.614. The molecule has 2 bridgehead atoms. The Morgan fingerprint density at radius 1 is 1.30 bits per heavy atom. The standard InChI is InChI=1S/C14H24F3NO2/c1-4-12(19-5-6-20-14(15,16)17)13-8-10(2)7-11(9-13)18(13)3/h10-12H,4-9H2,1-3H3. The van der Waals surface area contributed by atoms with Gasteiger partial charge in [-0.2, -0.15) is 0 Å². The number of ether oxygens (including phenoxy) is 2. The van der Waals surface area contributed by atoms with E-state index in [4.69, 9.17) is 4.74 Å². The smallest absolute Gasteiger partial charge is 0.374 e. The average Bonchev–Trinajstić information content (AvgIpc) is 2.36. The van der Waals surface area contributed by atoms with Gasteiger partial charge in [0.2, 0.25) is 0 Å². The van der Waals surface area contributed by atoms with Crippen molar-refractivity contribution in [2.24, 2.45) is 5.92 Å². The summed E-state index contributed by atoms with van der Waals surface area (Å²) in [5.41, 5.74) is 0.0231. The number of fused-ring (bicyclic) bond motifs is 2. The summed E-state index contributed by atoms with van der Waals surface area (Å²) in [6.07, 6.45) is -0.378. The number of likely N-dealkylation sites (N-methyl/N-ethyl adjacent to an activating group) is 1. The Morgan fingerprint density at radius 2 is 2.00 bits per heavy atom. The van der Waals surface area contributed by atoms with Crippen molar-refractivity contribution in [1.29, 1.82) is 0 Å². The molecule has 0 aromatic carbocycles. The van der Waals surface area contributed by atoms with Crippen LogP contribution >= 0.6 is 0 Å². The van der Waals surface area contributed by atoms with Crippen LogP contribution in [0.1, 0.15) is 39.5 Å².